The maximum absolute atomic E-state index is 11.6. The second-order valence-corrected chi connectivity index (χ2v) is 7.65. The average Bonchev–Trinajstić information content (AvgIpc) is 3.22. The number of benzene rings is 2. The average molecular weight is 415 g/mol. The van der Waals surface area contributed by atoms with Gasteiger partial charge < -0.3 is 14.6 Å². The van der Waals surface area contributed by atoms with Gasteiger partial charge in [-0.2, -0.15) is 0 Å². The molecule has 0 radical (unpaired) electrons. The fraction of sp³-hybridized carbons (Fsp3) is 0.250. The molecule has 0 atom stereocenters. The van der Waals surface area contributed by atoms with Gasteiger partial charge in [0.1, 0.15) is 11.3 Å². The van der Waals surface area contributed by atoms with Gasteiger partial charge in [0.05, 0.1) is 13.4 Å². The summed E-state index contributed by atoms with van der Waals surface area (Å²) in [5.74, 6) is 2.11. The minimum atomic E-state index is 0.0302. The molecule has 158 valence electrons. The summed E-state index contributed by atoms with van der Waals surface area (Å²) in [6, 6.07) is 15.5. The molecule has 4 aromatic rings. The lowest BCUT2D eigenvalue weighted by Crippen LogP contribution is -2.06. The Hall–Kier alpha value is -3.74. The van der Waals surface area contributed by atoms with E-state index < -0.39 is 0 Å². The van der Waals surface area contributed by atoms with Crippen molar-refractivity contribution in [1.82, 2.24) is 19.5 Å². The zero-order valence-electron chi connectivity index (χ0n) is 18.1. The Morgan fingerprint density at radius 3 is 2.39 bits per heavy atom. The largest absolute Gasteiger partial charge is 0.497 e. The number of ether oxygens (including phenoxy) is 1. The fourth-order valence-electron chi connectivity index (χ4n) is 3.33. The molecule has 7 heteroatoms. The van der Waals surface area contributed by atoms with E-state index in [4.69, 9.17) is 14.7 Å². The minimum Gasteiger partial charge on any atom is -0.497 e. The smallest absolute Gasteiger partial charge is 0.166 e. The van der Waals surface area contributed by atoms with Crippen molar-refractivity contribution in [3.63, 3.8) is 0 Å². The Kier molecular flexibility index (Phi) is 5.66. The van der Waals surface area contributed by atoms with Crippen LogP contribution in [0.5, 0.6) is 5.75 Å². The molecule has 0 aliphatic carbocycles. The van der Waals surface area contributed by atoms with Gasteiger partial charge in [-0.1, -0.05) is 36.4 Å². The minimum absolute atomic E-state index is 0.0302. The quantitative estimate of drug-likeness (QED) is 0.433. The lowest BCUT2D eigenvalue weighted by atomic mass is 10.1. The third-order valence-corrected chi connectivity index (χ3v) is 5.15. The van der Waals surface area contributed by atoms with Crippen LogP contribution >= 0.6 is 0 Å². The molecule has 2 aromatic heterocycles. The van der Waals surface area contributed by atoms with Gasteiger partial charge in [-0.25, -0.2) is 15.0 Å². The molecule has 31 heavy (non-hydrogen) atoms. The first kappa shape index (κ1) is 20.5. The fourth-order valence-corrected chi connectivity index (χ4v) is 3.33. The number of anilines is 1. The van der Waals surface area contributed by atoms with Gasteiger partial charge in [-0.05, 0) is 38.5 Å². The summed E-state index contributed by atoms with van der Waals surface area (Å²) < 4.78 is 7.26. The summed E-state index contributed by atoms with van der Waals surface area (Å²) in [5.41, 5.74) is 4.10. The van der Waals surface area contributed by atoms with E-state index >= 15 is 0 Å². The molecular formula is C24H25N5O2. The predicted molar refractivity (Wildman–Crippen MR) is 121 cm³/mol. The number of rotatable bonds is 7. The maximum Gasteiger partial charge on any atom is 0.166 e. The number of methoxy groups -OCH3 is 1. The van der Waals surface area contributed by atoms with Gasteiger partial charge in [-0.15, -0.1) is 0 Å². The zero-order valence-corrected chi connectivity index (χ0v) is 18.1. The van der Waals surface area contributed by atoms with Crippen LogP contribution in [0.25, 0.3) is 22.6 Å². The molecule has 2 aromatic carbocycles. The molecular weight excluding hydrogens is 390 g/mol. The van der Waals surface area contributed by atoms with Crippen LogP contribution in [0.15, 0.2) is 54.9 Å². The monoisotopic (exact) mass is 415 g/mol. The number of nitrogens with one attached hydrogen (secondary N) is 1. The van der Waals surface area contributed by atoms with Crippen LogP contribution in [0.1, 0.15) is 42.7 Å². The second kappa shape index (κ2) is 8.55. The topological polar surface area (TPSA) is 81.9 Å². The highest BCUT2D eigenvalue weighted by Gasteiger charge is 2.16. The summed E-state index contributed by atoms with van der Waals surface area (Å²) in [7, 11) is 1.65. The first-order valence-corrected chi connectivity index (χ1v) is 10.2. The van der Waals surface area contributed by atoms with Gasteiger partial charge in [0.2, 0.25) is 0 Å². The Labute approximate surface area is 181 Å². The maximum atomic E-state index is 11.6. The van der Waals surface area contributed by atoms with E-state index in [1.165, 1.54) is 0 Å². The molecule has 0 aliphatic heterocycles. The van der Waals surface area contributed by atoms with Gasteiger partial charge in [-0.3, -0.25) is 4.79 Å². The number of ketones is 1. The molecule has 0 saturated carbocycles. The van der Waals surface area contributed by atoms with Crippen LogP contribution < -0.4 is 10.1 Å². The standard InChI is InChI=1S/C24H25N5O2/c1-15(2)29-14-26-21-23(25-13-17-5-11-20(31-4)12-6-17)27-22(28-24(21)29)19-9-7-18(8-10-19)16(3)30/h5-12,14-15H,13H2,1-4H3,(H,25,27,28). The zero-order chi connectivity index (χ0) is 22.0. The highest BCUT2D eigenvalue weighted by atomic mass is 16.5. The van der Waals surface area contributed by atoms with Gasteiger partial charge >= 0.3 is 0 Å². The van der Waals surface area contributed by atoms with Crippen molar-refractivity contribution in [3.8, 4) is 17.1 Å². The lowest BCUT2D eigenvalue weighted by molar-refractivity contribution is 0.101. The summed E-state index contributed by atoms with van der Waals surface area (Å²) in [6.07, 6.45) is 1.80. The van der Waals surface area contributed by atoms with Crippen LogP contribution in [-0.4, -0.2) is 32.4 Å². The third kappa shape index (κ3) is 4.26. The Balaban J connectivity index is 1.72. The molecule has 2 heterocycles. The van der Waals surface area contributed by atoms with Crippen LogP contribution in [0.2, 0.25) is 0 Å². The van der Waals surface area contributed by atoms with Crippen molar-refractivity contribution in [3.05, 3.63) is 66.0 Å². The van der Waals surface area contributed by atoms with Crippen LogP contribution in [0.3, 0.4) is 0 Å². The molecule has 0 unspecified atom stereocenters. The molecule has 0 saturated heterocycles. The van der Waals surface area contributed by atoms with Gasteiger partial charge in [0.25, 0.3) is 0 Å². The lowest BCUT2D eigenvalue weighted by Gasteiger charge is -2.12. The van der Waals surface area contributed by atoms with Gasteiger partial charge in [0.15, 0.2) is 23.1 Å². The number of aromatic nitrogens is 4. The number of Topliss-reactive ketones (excluding diaryl/α,β-unsaturated/α-hetero) is 1. The Bertz CT molecular complexity index is 1210. The summed E-state index contributed by atoms with van der Waals surface area (Å²) >= 11 is 0. The van der Waals surface area contributed by atoms with E-state index in [1.54, 1.807) is 32.5 Å². The molecule has 0 fully saturated rings. The molecule has 0 amide bonds. The SMILES string of the molecule is COc1ccc(CNc2nc(-c3ccc(C(C)=O)cc3)nc3c2ncn3C(C)C)cc1. The first-order chi connectivity index (χ1) is 15.0. The number of carbonyl (C=O) groups excluding carboxylic acids is 1. The van der Waals surface area contributed by atoms with E-state index in [2.05, 4.69) is 24.1 Å². The van der Waals surface area contributed by atoms with Crippen LogP contribution in [0, 0.1) is 0 Å². The second-order valence-electron chi connectivity index (χ2n) is 7.65. The van der Waals surface area contributed by atoms with Crippen molar-refractivity contribution in [2.75, 3.05) is 12.4 Å². The van der Waals surface area contributed by atoms with Crippen molar-refractivity contribution in [2.24, 2.45) is 0 Å². The van der Waals surface area contributed by atoms with E-state index in [9.17, 15) is 4.79 Å². The van der Waals surface area contributed by atoms with Gasteiger partial charge in [0, 0.05) is 23.7 Å². The molecule has 0 aliphatic rings. The van der Waals surface area contributed by atoms with Crippen molar-refractivity contribution >= 4 is 22.8 Å². The molecule has 7 nitrogen and oxygen atoms in total. The van der Waals surface area contributed by atoms with E-state index in [0.717, 1.165) is 28.0 Å². The van der Waals surface area contributed by atoms with Crippen LogP contribution in [0.4, 0.5) is 5.82 Å². The van der Waals surface area contributed by atoms with Crippen molar-refractivity contribution in [2.45, 2.75) is 33.4 Å². The number of carbonyl (C=O) groups is 1. The highest BCUT2D eigenvalue weighted by molar-refractivity contribution is 5.94. The number of fused-ring (bicyclic) bond motifs is 1. The number of hydrogen-bond donors (Lipinski definition) is 1. The third-order valence-electron chi connectivity index (χ3n) is 5.15. The predicted octanol–water partition coefficient (Wildman–Crippen LogP) is 4.90. The van der Waals surface area contributed by atoms with E-state index in [1.807, 2.05) is 41.0 Å². The van der Waals surface area contributed by atoms with E-state index in [0.29, 0.717) is 23.8 Å². The molecule has 4 rings (SSSR count). The highest BCUT2D eigenvalue weighted by Crippen LogP contribution is 2.26. The van der Waals surface area contributed by atoms with Crippen molar-refractivity contribution in [1.29, 1.82) is 0 Å². The van der Waals surface area contributed by atoms with Crippen molar-refractivity contribution < 1.29 is 9.53 Å². The number of imidazole rings is 1. The Morgan fingerprint density at radius 1 is 1.06 bits per heavy atom. The number of nitrogens with zero attached hydrogens (tertiary/aromatic N) is 4. The first-order valence-electron chi connectivity index (χ1n) is 10.2. The summed E-state index contributed by atoms with van der Waals surface area (Å²) in [6.45, 7) is 6.33. The summed E-state index contributed by atoms with van der Waals surface area (Å²) in [4.78, 5) is 25.7. The normalized spacial score (nSPS) is 11.1. The van der Waals surface area contributed by atoms with E-state index in [-0.39, 0.29) is 11.8 Å². The molecule has 0 spiro atoms. The summed E-state index contributed by atoms with van der Waals surface area (Å²) in [5, 5.41) is 3.41. The Morgan fingerprint density at radius 2 is 1.77 bits per heavy atom. The number of hydrogen-bond acceptors (Lipinski definition) is 6. The molecule has 0 bridgehead atoms. The van der Waals surface area contributed by atoms with Crippen LogP contribution in [-0.2, 0) is 6.54 Å². The molecule has 1 N–H and O–H groups in total.